The molecule has 1 unspecified atom stereocenters. The van der Waals surface area contributed by atoms with E-state index in [0.29, 0.717) is 17.8 Å². The summed E-state index contributed by atoms with van der Waals surface area (Å²) in [6.07, 6.45) is 6.55. The molecule has 0 bridgehead atoms. The Hall–Kier alpha value is -2.93. The number of benzene rings is 1. The van der Waals surface area contributed by atoms with Crippen molar-refractivity contribution >= 4 is 5.91 Å². The molecule has 7 heteroatoms. The van der Waals surface area contributed by atoms with Crippen molar-refractivity contribution in [2.24, 2.45) is 12.5 Å². The molecule has 2 heterocycles. The summed E-state index contributed by atoms with van der Waals surface area (Å²) in [5.41, 5.74) is 2.56. The van der Waals surface area contributed by atoms with E-state index in [1.165, 1.54) is 0 Å². The Morgan fingerprint density at radius 1 is 1.29 bits per heavy atom. The van der Waals surface area contributed by atoms with Crippen LogP contribution < -0.4 is 5.32 Å². The molecule has 0 aliphatic heterocycles. The van der Waals surface area contributed by atoms with E-state index in [1.807, 2.05) is 43.5 Å². The maximum Gasteiger partial charge on any atom is 0.255 e. The first-order valence-electron chi connectivity index (χ1n) is 9.60. The van der Waals surface area contributed by atoms with Crippen LogP contribution in [0.15, 0.2) is 48.9 Å². The molecule has 1 fully saturated rings. The molecule has 28 heavy (non-hydrogen) atoms. The van der Waals surface area contributed by atoms with Gasteiger partial charge in [-0.2, -0.15) is 10.2 Å². The molecular formula is C21H25N5O2. The summed E-state index contributed by atoms with van der Waals surface area (Å²) in [6, 6.07) is 9.63. The van der Waals surface area contributed by atoms with Crippen molar-refractivity contribution in [3.63, 3.8) is 0 Å². The first kappa shape index (κ1) is 18.4. The number of nitrogens with zero attached hydrogens (tertiary/aromatic N) is 4. The maximum absolute atomic E-state index is 12.9. The summed E-state index contributed by atoms with van der Waals surface area (Å²) in [5, 5.41) is 22.5. The van der Waals surface area contributed by atoms with Gasteiger partial charge < -0.3 is 10.4 Å². The molecule has 0 spiro atoms. The maximum atomic E-state index is 12.9. The van der Waals surface area contributed by atoms with Crippen LogP contribution in [0.2, 0.25) is 0 Å². The summed E-state index contributed by atoms with van der Waals surface area (Å²) < 4.78 is 3.44. The standard InChI is InChI=1S/C21H25N5O2/c1-3-26-12-16(11-23-26)18-17(13-25(2)24-18)20(28)22-14-21(9-10-21)19(27)15-7-5-4-6-8-15/h4-8,11-13,19,27H,3,9-10,14H2,1-2H3,(H,22,28). The lowest BCUT2D eigenvalue weighted by Crippen LogP contribution is -2.33. The minimum Gasteiger partial charge on any atom is -0.388 e. The van der Waals surface area contributed by atoms with E-state index in [4.69, 9.17) is 0 Å². The number of hydrogen-bond acceptors (Lipinski definition) is 4. The first-order chi connectivity index (χ1) is 13.5. The predicted octanol–water partition coefficient (Wildman–Crippen LogP) is 2.55. The largest absolute Gasteiger partial charge is 0.388 e. The van der Waals surface area contributed by atoms with Crippen LogP contribution in [0.4, 0.5) is 0 Å². The third-order valence-electron chi connectivity index (χ3n) is 5.49. The average Bonchev–Trinajstić information content (AvgIpc) is 3.17. The Bertz CT molecular complexity index is 972. The van der Waals surface area contributed by atoms with Crippen molar-refractivity contribution in [1.82, 2.24) is 24.9 Å². The van der Waals surface area contributed by atoms with Gasteiger partial charge in [-0.25, -0.2) is 0 Å². The van der Waals surface area contributed by atoms with Gasteiger partial charge in [0.1, 0.15) is 5.69 Å². The van der Waals surface area contributed by atoms with Crippen LogP contribution in [0.25, 0.3) is 11.3 Å². The molecule has 2 aromatic heterocycles. The van der Waals surface area contributed by atoms with E-state index in [0.717, 1.165) is 30.5 Å². The zero-order valence-electron chi connectivity index (χ0n) is 16.2. The van der Waals surface area contributed by atoms with Crippen LogP contribution in [0.1, 0.15) is 41.8 Å². The van der Waals surface area contributed by atoms with Gasteiger partial charge in [0.05, 0.1) is 17.9 Å². The molecule has 1 aliphatic rings. The van der Waals surface area contributed by atoms with Gasteiger partial charge in [0.15, 0.2) is 0 Å². The molecule has 3 aromatic rings. The number of carbonyl (C=O) groups is 1. The molecule has 1 aromatic carbocycles. The molecule has 7 nitrogen and oxygen atoms in total. The second-order valence-corrected chi connectivity index (χ2v) is 7.51. The fourth-order valence-corrected chi connectivity index (χ4v) is 3.57. The first-order valence-corrected chi connectivity index (χ1v) is 9.60. The van der Waals surface area contributed by atoms with E-state index < -0.39 is 6.10 Å². The predicted molar refractivity (Wildman–Crippen MR) is 106 cm³/mol. The van der Waals surface area contributed by atoms with Crippen molar-refractivity contribution in [3.05, 3.63) is 60.0 Å². The highest BCUT2D eigenvalue weighted by Gasteiger charge is 2.49. The van der Waals surface area contributed by atoms with Crippen molar-refractivity contribution < 1.29 is 9.90 Å². The highest BCUT2D eigenvalue weighted by molar-refractivity contribution is 5.99. The summed E-state index contributed by atoms with van der Waals surface area (Å²) in [7, 11) is 1.80. The Labute approximate surface area is 164 Å². The van der Waals surface area contributed by atoms with Crippen molar-refractivity contribution in [2.45, 2.75) is 32.4 Å². The number of aliphatic hydroxyl groups is 1. The molecule has 1 aliphatic carbocycles. The van der Waals surface area contributed by atoms with Crippen LogP contribution in [0.3, 0.4) is 0 Å². The normalized spacial score (nSPS) is 16.0. The highest BCUT2D eigenvalue weighted by atomic mass is 16.3. The SMILES string of the molecule is CCn1cc(-c2nn(C)cc2C(=O)NCC2(C(O)c3ccccc3)CC2)cn1. The van der Waals surface area contributed by atoms with E-state index in [-0.39, 0.29) is 11.3 Å². The van der Waals surface area contributed by atoms with Crippen molar-refractivity contribution in [2.75, 3.05) is 6.54 Å². The fourth-order valence-electron chi connectivity index (χ4n) is 3.57. The Morgan fingerprint density at radius 2 is 2.04 bits per heavy atom. The van der Waals surface area contributed by atoms with Gasteiger partial charge in [-0.15, -0.1) is 0 Å². The molecule has 146 valence electrons. The van der Waals surface area contributed by atoms with E-state index in [1.54, 1.807) is 28.8 Å². The molecule has 2 N–H and O–H groups in total. The Balaban J connectivity index is 1.49. The topological polar surface area (TPSA) is 85.0 Å². The summed E-state index contributed by atoms with van der Waals surface area (Å²) >= 11 is 0. The van der Waals surface area contributed by atoms with Crippen LogP contribution >= 0.6 is 0 Å². The summed E-state index contributed by atoms with van der Waals surface area (Å²) in [6.45, 7) is 3.20. The zero-order chi connectivity index (χ0) is 19.7. The van der Waals surface area contributed by atoms with E-state index >= 15 is 0 Å². The lowest BCUT2D eigenvalue weighted by molar-refractivity contribution is 0.0808. The number of aromatic nitrogens is 4. The molecule has 0 radical (unpaired) electrons. The number of rotatable bonds is 7. The molecule has 1 atom stereocenters. The second-order valence-electron chi connectivity index (χ2n) is 7.51. The number of aryl methyl sites for hydroxylation is 2. The quantitative estimate of drug-likeness (QED) is 0.661. The van der Waals surface area contributed by atoms with Crippen LogP contribution in [-0.2, 0) is 13.6 Å². The zero-order valence-corrected chi connectivity index (χ0v) is 16.2. The average molecular weight is 379 g/mol. The second kappa shape index (κ2) is 7.24. The third kappa shape index (κ3) is 3.45. The number of hydrogen-bond donors (Lipinski definition) is 2. The molecule has 1 saturated carbocycles. The van der Waals surface area contributed by atoms with Gasteiger partial charge >= 0.3 is 0 Å². The number of carbonyl (C=O) groups excluding carboxylic acids is 1. The minimum absolute atomic E-state index is 0.182. The Morgan fingerprint density at radius 3 is 2.68 bits per heavy atom. The van der Waals surface area contributed by atoms with Gasteiger partial charge in [0.25, 0.3) is 5.91 Å². The van der Waals surface area contributed by atoms with Crippen LogP contribution in [0, 0.1) is 5.41 Å². The third-order valence-corrected chi connectivity index (χ3v) is 5.49. The molecule has 1 amide bonds. The smallest absolute Gasteiger partial charge is 0.255 e. The Kier molecular flexibility index (Phi) is 4.77. The van der Waals surface area contributed by atoms with Gasteiger partial charge in [0, 0.05) is 43.5 Å². The van der Waals surface area contributed by atoms with Gasteiger partial charge in [-0.05, 0) is 25.3 Å². The molecule has 4 rings (SSSR count). The van der Waals surface area contributed by atoms with E-state index in [2.05, 4.69) is 15.5 Å². The van der Waals surface area contributed by atoms with Crippen LogP contribution in [-0.4, -0.2) is 37.1 Å². The van der Waals surface area contributed by atoms with Crippen molar-refractivity contribution in [3.8, 4) is 11.3 Å². The minimum atomic E-state index is -0.579. The lowest BCUT2D eigenvalue weighted by Gasteiger charge is -2.23. The lowest BCUT2D eigenvalue weighted by atomic mass is 9.92. The van der Waals surface area contributed by atoms with Gasteiger partial charge in [-0.1, -0.05) is 30.3 Å². The monoisotopic (exact) mass is 379 g/mol. The molecular weight excluding hydrogens is 354 g/mol. The summed E-state index contributed by atoms with van der Waals surface area (Å²) in [5.74, 6) is -0.182. The van der Waals surface area contributed by atoms with Crippen LogP contribution in [0.5, 0.6) is 0 Å². The fraction of sp³-hybridized carbons (Fsp3) is 0.381. The molecule has 0 saturated heterocycles. The highest BCUT2D eigenvalue weighted by Crippen LogP contribution is 2.54. The van der Waals surface area contributed by atoms with Gasteiger partial charge in [0.2, 0.25) is 0 Å². The summed E-state index contributed by atoms with van der Waals surface area (Å²) in [4.78, 5) is 12.9. The number of amides is 1. The van der Waals surface area contributed by atoms with Crippen molar-refractivity contribution in [1.29, 1.82) is 0 Å². The number of nitrogens with one attached hydrogen (secondary N) is 1. The van der Waals surface area contributed by atoms with E-state index in [9.17, 15) is 9.90 Å². The van der Waals surface area contributed by atoms with Gasteiger partial charge in [-0.3, -0.25) is 14.2 Å². The number of aliphatic hydroxyl groups excluding tert-OH is 1.